The second-order valence-corrected chi connectivity index (χ2v) is 9.56. The van der Waals surface area contributed by atoms with Crippen molar-refractivity contribution in [2.24, 2.45) is 0 Å². The Hall–Kier alpha value is -3.60. The van der Waals surface area contributed by atoms with E-state index in [4.69, 9.17) is 14.6 Å². The zero-order chi connectivity index (χ0) is 25.6. The molecule has 3 aromatic carbocycles. The van der Waals surface area contributed by atoms with Gasteiger partial charge in [0.15, 0.2) is 0 Å². The maximum Gasteiger partial charge on any atom is 0.304 e. The topological polar surface area (TPSA) is 55.8 Å². The van der Waals surface area contributed by atoms with Crippen LogP contribution in [0.25, 0.3) is 11.1 Å². The summed E-state index contributed by atoms with van der Waals surface area (Å²) >= 11 is 0. The van der Waals surface area contributed by atoms with Crippen LogP contribution in [0.2, 0.25) is 0 Å². The summed E-state index contributed by atoms with van der Waals surface area (Å²) in [6.45, 7) is 8.51. The molecule has 0 spiro atoms. The highest BCUT2D eigenvalue weighted by Gasteiger charge is 2.21. The summed E-state index contributed by atoms with van der Waals surface area (Å²) in [5.74, 6) is -0.0475. The van der Waals surface area contributed by atoms with E-state index in [1.54, 1.807) is 19.2 Å². The van der Waals surface area contributed by atoms with E-state index in [-0.39, 0.29) is 23.6 Å². The Morgan fingerprint density at radius 3 is 2.29 bits per heavy atom. The van der Waals surface area contributed by atoms with Crippen LogP contribution in [0.4, 0.5) is 4.39 Å². The monoisotopic (exact) mass is 476 g/mol. The van der Waals surface area contributed by atoms with Crippen LogP contribution in [0, 0.1) is 5.82 Å². The van der Waals surface area contributed by atoms with E-state index < -0.39 is 5.97 Å². The molecule has 35 heavy (non-hydrogen) atoms. The van der Waals surface area contributed by atoms with E-state index in [9.17, 15) is 9.18 Å². The lowest BCUT2D eigenvalue weighted by molar-refractivity contribution is -0.137. The van der Waals surface area contributed by atoms with Gasteiger partial charge in [0.2, 0.25) is 0 Å². The van der Waals surface area contributed by atoms with Gasteiger partial charge >= 0.3 is 5.97 Å². The number of hydrogen-bond acceptors (Lipinski definition) is 3. The number of allylic oxidation sites excluding steroid dienone is 2. The van der Waals surface area contributed by atoms with Crippen LogP contribution in [0.3, 0.4) is 0 Å². The van der Waals surface area contributed by atoms with Crippen molar-refractivity contribution >= 4 is 5.97 Å². The number of aliphatic carboxylic acids is 1. The average molecular weight is 477 g/mol. The largest absolute Gasteiger partial charge is 0.497 e. The average Bonchev–Trinajstić information content (AvgIpc) is 2.82. The van der Waals surface area contributed by atoms with Crippen LogP contribution in [0.15, 0.2) is 72.8 Å². The number of methoxy groups -OCH3 is 1. The van der Waals surface area contributed by atoms with Crippen LogP contribution in [-0.2, 0) is 16.8 Å². The van der Waals surface area contributed by atoms with E-state index in [0.29, 0.717) is 23.7 Å². The van der Waals surface area contributed by atoms with Gasteiger partial charge in [0, 0.05) is 11.5 Å². The minimum absolute atomic E-state index is 0.0360. The minimum Gasteiger partial charge on any atom is -0.497 e. The summed E-state index contributed by atoms with van der Waals surface area (Å²) in [5, 5.41) is 9.17. The van der Waals surface area contributed by atoms with Gasteiger partial charge in [-0.2, -0.15) is 0 Å². The van der Waals surface area contributed by atoms with Gasteiger partial charge in [0.1, 0.15) is 23.9 Å². The van der Waals surface area contributed by atoms with Crippen molar-refractivity contribution in [2.45, 2.75) is 52.1 Å². The summed E-state index contributed by atoms with van der Waals surface area (Å²) in [7, 11) is 1.57. The number of ether oxygens (including phenoxy) is 2. The molecule has 0 heterocycles. The third-order valence-electron chi connectivity index (χ3n) is 5.89. The SMILES string of the molecule is C/C=C\[C@H](CC(=O)O)c1ccc(OCc2ccc(C(C)(C)C)c(-c3cc(OC)ccc3F)c2)cc1. The molecule has 0 bridgehead atoms. The maximum atomic E-state index is 14.9. The first-order valence-electron chi connectivity index (χ1n) is 11.7. The summed E-state index contributed by atoms with van der Waals surface area (Å²) < 4.78 is 26.2. The number of rotatable bonds is 9. The first-order chi connectivity index (χ1) is 16.6. The lowest BCUT2D eigenvalue weighted by Crippen LogP contribution is -2.13. The van der Waals surface area contributed by atoms with Gasteiger partial charge < -0.3 is 14.6 Å². The van der Waals surface area contributed by atoms with Crippen molar-refractivity contribution in [3.8, 4) is 22.6 Å². The first-order valence-corrected chi connectivity index (χ1v) is 11.7. The number of carboxylic acid groups (broad SMARTS) is 1. The third-order valence-corrected chi connectivity index (χ3v) is 5.89. The summed E-state index contributed by atoms with van der Waals surface area (Å²) in [6, 6.07) is 18.3. The number of carbonyl (C=O) groups is 1. The number of hydrogen-bond donors (Lipinski definition) is 1. The molecule has 0 saturated heterocycles. The van der Waals surface area contributed by atoms with Crippen molar-refractivity contribution in [1.82, 2.24) is 0 Å². The second-order valence-electron chi connectivity index (χ2n) is 9.56. The molecule has 3 aromatic rings. The number of benzene rings is 3. The van der Waals surface area contributed by atoms with Crippen molar-refractivity contribution in [3.63, 3.8) is 0 Å². The van der Waals surface area contributed by atoms with Gasteiger partial charge in [-0.05, 0) is 71.0 Å². The Kier molecular flexibility index (Phi) is 8.34. The van der Waals surface area contributed by atoms with E-state index in [1.165, 1.54) is 6.07 Å². The van der Waals surface area contributed by atoms with Gasteiger partial charge in [-0.25, -0.2) is 4.39 Å². The Morgan fingerprint density at radius 2 is 1.69 bits per heavy atom. The first kappa shape index (κ1) is 26.0. The fraction of sp³-hybridized carbons (Fsp3) is 0.300. The Bertz CT molecular complexity index is 1190. The van der Waals surface area contributed by atoms with E-state index in [1.807, 2.05) is 61.5 Å². The summed E-state index contributed by atoms with van der Waals surface area (Å²) in [6.07, 6.45) is 3.79. The molecule has 0 fully saturated rings. The van der Waals surface area contributed by atoms with Crippen molar-refractivity contribution in [1.29, 1.82) is 0 Å². The quantitative estimate of drug-likeness (QED) is 0.325. The molecule has 0 aliphatic carbocycles. The Balaban J connectivity index is 1.85. The molecule has 5 heteroatoms. The van der Waals surface area contributed by atoms with Crippen molar-refractivity contribution < 1.29 is 23.8 Å². The van der Waals surface area contributed by atoms with Crippen LogP contribution in [0.5, 0.6) is 11.5 Å². The number of halogens is 1. The molecule has 0 radical (unpaired) electrons. The van der Waals surface area contributed by atoms with Crippen molar-refractivity contribution in [2.75, 3.05) is 7.11 Å². The van der Waals surface area contributed by atoms with Gasteiger partial charge in [-0.3, -0.25) is 4.79 Å². The normalized spacial score (nSPS) is 12.5. The lowest BCUT2D eigenvalue weighted by atomic mass is 9.81. The zero-order valence-electron chi connectivity index (χ0n) is 21.0. The fourth-order valence-corrected chi connectivity index (χ4v) is 4.09. The predicted octanol–water partition coefficient (Wildman–Crippen LogP) is 7.51. The highest BCUT2D eigenvalue weighted by atomic mass is 19.1. The van der Waals surface area contributed by atoms with Crippen molar-refractivity contribution in [3.05, 3.63) is 95.3 Å². The Morgan fingerprint density at radius 1 is 1.00 bits per heavy atom. The van der Waals surface area contributed by atoms with E-state index >= 15 is 0 Å². The smallest absolute Gasteiger partial charge is 0.304 e. The zero-order valence-corrected chi connectivity index (χ0v) is 21.0. The molecule has 0 amide bonds. The molecule has 0 saturated carbocycles. The molecular formula is C30H33FO4. The van der Waals surface area contributed by atoms with Gasteiger partial charge in [0.25, 0.3) is 0 Å². The second kappa shape index (κ2) is 11.2. The highest BCUT2D eigenvalue weighted by molar-refractivity contribution is 5.71. The molecule has 0 aromatic heterocycles. The van der Waals surface area contributed by atoms with Gasteiger partial charge in [-0.15, -0.1) is 0 Å². The molecule has 184 valence electrons. The van der Waals surface area contributed by atoms with E-state index in [2.05, 4.69) is 20.8 Å². The summed E-state index contributed by atoms with van der Waals surface area (Å²) in [4.78, 5) is 11.2. The molecule has 0 aliphatic rings. The predicted molar refractivity (Wildman–Crippen MR) is 138 cm³/mol. The molecule has 1 N–H and O–H groups in total. The van der Waals surface area contributed by atoms with Crippen LogP contribution in [0.1, 0.15) is 56.7 Å². The number of carboxylic acids is 1. The minimum atomic E-state index is -0.838. The third kappa shape index (κ3) is 6.72. The molecular weight excluding hydrogens is 443 g/mol. The van der Waals surface area contributed by atoms with Crippen LogP contribution in [-0.4, -0.2) is 18.2 Å². The summed E-state index contributed by atoms with van der Waals surface area (Å²) in [5.41, 5.74) is 3.99. The molecule has 0 unspecified atom stereocenters. The highest BCUT2D eigenvalue weighted by Crippen LogP contribution is 2.37. The maximum absolute atomic E-state index is 14.9. The molecule has 0 aliphatic heterocycles. The van der Waals surface area contributed by atoms with E-state index in [0.717, 1.165) is 22.3 Å². The van der Waals surface area contributed by atoms with Crippen LogP contribution >= 0.6 is 0 Å². The van der Waals surface area contributed by atoms with Crippen LogP contribution < -0.4 is 9.47 Å². The van der Waals surface area contributed by atoms with Gasteiger partial charge in [-0.1, -0.05) is 57.2 Å². The van der Waals surface area contributed by atoms with Gasteiger partial charge in [0.05, 0.1) is 13.5 Å². The Labute approximate surface area is 207 Å². The molecule has 3 rings (SSSR count). The molecule has 4 nitrogen and oxygen atoms in total. The lowest BCUT2D eigenvalue weighted by Gasteiger charge is -2.24. The fourth-order valence-electron chi connectivity index (χ4n) is 4.09. The molecule has 1 atom stereocenters. The standard InChI is InChI=1S/C30H33FO4/c1-6-7-22(17-29(32)33)21-9-11-23(12-10-21)35-19-20-8-14-27(30(2,3)4)25(16-20)26-18-24(34-5)13-15-28(26)31/h6-16,18,22H,17,19H2,1-5H3,(H,32,33)/b7-6-/t22-/m1/s1.